The summed E-state index contributed by atoms with van der Waals surface area (Å²) in [7, 11) is -1.19. The number of hydrogen-bond donors (Lipinski definition) is 2. The highest BCUT2D eigenvalue weighted by Crippen LogP contribution is 2.35. The first-order chi connectivity index (χ1) is 15.3. The highest BCUT2D eigenvalue weighted by molar-refractivity contribution is 7.89. The number of sulfone groups is 1. The van der Waals surface area contributed by atoms with Gasteiger partial charge < -0.3 is 15.5 Å². The van der Waals surface area contributed by atoms with Gasteiger partial charge in [-0.3, -0.25) is 0 Å². The Morgan fingerprint density at radius 3 is 2.69 bits per heavy atom. The molecule has 3 aromatic rings. The number of hydrogen-bond acceptors (Lipinski definition) is 8. The molecular formula is C22H25N7O2S. The van der Waals surface area contributed by atoms with E-state index in [1.54, 1.807) is 4.52 Å². The van der Waals surface area contributed by atoms with Crippen LogP contribution in [0.25, 0.3) is 5.65 Å². The quantitative estimate of drug-likeness (QED) is 0.537. The monoisotopic (exact) mass is 451 g/mol. The van der Waals surface area contributed by atoms with E-state index >= 15 is 0 Å². The highest BCUT2D eigenvalue weighted by atomic mass is 32.2. The van der Waals surface area contributed by atoms with Gasteiger partial charge in [-0.25, -0.2) is 13.4 Å². The van der Waals surface area contributed by atoms with Crippen LogP contribution in [-0.4, -0.2) is 48.4 Å². The molecule has 2 fully saturated rings. The number of rotatable bonds is 8. The van der Waals surface area contributed by atoms with Crippen molar-refractivity contribution in [2.45, 2.75) is 43.5 Å². The Morgan fingerprint density at radius 1 is 1.25 bits per heavy atom. The van der Waals surface area contributed by atoms with Crippen molar-refractivity contribution in [1.82, 2.24) is 14.6 Å². The number of nitrogens with one attached hydrogen (secondary N) is 2. The molecule has 0 saturated heterocycles. The Morgan fingerprint density at radius 2 is 2.03 bits per heavy atom. The van der Waals surface area contributed by atoms with E-state index in [4.69, 9.17) is 0 Å². The zero-order valence-electron chi connectivity index (χ0n) is 18.0. The van der Waals surface area contributed by atoms with Gasteiger partial charge in [0.1, 0.15) is 23.3 Å². The summed E-state index contributed by atoms with van der Waals surface area (Å²) in [6, 6.07) is 10.6. The first kappa shape index (κ1) is 20.6. The van der Waals surface area contributed by atoms with Crippen molar-refractivity contribution < 1.29 is 8.42 Å². The Labute approximate surface area is 187 Å². The van der Waals surface area contributed by atoms with E-state index in [0.717, 1.165) is 48.4 Å². The maximum atomic E-state index is 12.1. The van der Waals surface area contributed by atoms with Crippen molar-refractivity contribution in [2.24, 2.45) is 0 Å². The van der Waals surface area contributed by atoms with Gasteiger partial charge in [0.2, 0.25) is 0 Å². The number of aromatic nitrogens is 3. The lowest BCUT2D eigenvalue weighted by Crippen LogP contribution is -2.21. The minimum Gasteiger partial charge on any atom is -0.371 e. The highest BCUT2D eigenvalue weighted by Gasteiger charge is 2.28. The molecule has 2 aliphatic carbocycles. The number of anilines is 4. The van der Waals surface area contributed by atoms with E-state index in [1.807, 2.05) is 31.3 Å². The van der Waals surface area contributed by atoms with Crippen LogP contribution in [0.5, 0.6) is 0 Å². The lowest BCUT2D eigenvalue weighted by atomic mass is 10.1. The van der Waals surface area contributed by atoms with E-state index < -0.39 is 9.84 Å². The van der Waals surface area contributed by atoms with Crippen molar-refractivity contribution in [2.75, 3.05) is 28.8 Å². The zero-order chi connectivity index (χ0) is 22.5. The molecule has 5 rings (SSSR count). The topological polar surface area (TPSA) is 115 Å². The molecule has 166 valence electrons. The summed E-state index contributed by atoms with van der Waals surface area (Å²) in [6.07, 6.45) is 7.22. The molecule has 2 N–H and O–H groups in total. The molecule has 9 nitrogen and oxygen atoms in total. The zero-order valence-corrected chi connectivity index (χ0v) is 18.9. The fourth-order valence-electron chi connectivity index (χ4n) is 3.86. The van der Waals surface area contributed by atoms with E-state index in [9.17, 15) is 13.7 Å². The van der Waals surface area contributed by atoms with Crippen molar-refractivity contribution in [3.8, 4) is 6.07 Å². The summed E-state index contributed by atoms with van der Waals surface area (Å²) in [4.78, 5) is 6.75. The van der Waals surface area contributed by atoms with E-state index in [1.165, 1.54) is 12.5 Å². The average molecular weight is 452 g/mol. The van der Waals surface area contributed by atoms with Crippen LogP contribution in [0.4, 0.5) is 23.0 Å². The van der Waals surface area contributed by atoms with Gasteiger partial charge in [0.05, 0.1) is 11.9 Å². The molecule has 0 bridgehead atoms. The molecule has 2 aromatic heterocycles. The van der Waals surface area contributed by atoms with Crippen LogP contribution in [0.2, 0.25) is 0 Å². The number of benzene rings is 1. The Hall–Kier alpha value is -3.32. The minimum atomic E-state index is -3.20. The van der Waals surface area contributed by atoms with Gasteiger partial charge in [-0.1, -0.05) is 0 Å². The molecule has 2 aliphatic rings. The average Bonchev–Trinajstić information content (AvgIpc) is 3.65. The van der Waals surface area contributed by atoms with E-state index in [-0.39, 0.29) is 5.75 Å². The predicted molar refractivity (Wildman–Crippen MR) is 124 cm³/mol. The summed E-state index contributed by atoms with van der Waals surface area (Å²) in [5.41, 5.74) is 3.30. The first-order valence-electron chi connectivity index (χ1n) is 10.7. The molecule has 0 unspecified atom stereocenters. The largest absolute Gasteiger partial charge is 0.371 e. The normalized spacial score (nSPS) is 16.0. The van der Waals surface area contributed by atoms with Crippen LogP contribution in [0, 0.1) is 11.3 Å². The summed E-state index contributed by atoms with van der Waals surface area (Å²) in [5, 5.41) is 20.4. The molecule has 10 heteroatoms. The van der Waals surface area contributed by atoms with E-state index in [0.29, 0.717) is 29.1 Å². The molecule has 2 heterocycles. The fourth-order valence-corrected chi connectivity index (χ4v) is 4.65. The van der Waals surface area contributed by atoms with Crippen LogP contribution in [0.15, 0.2) is 30.5 Å². The number of nitrogens with zero attached hydrogens (tertiary/aromatic N) is 5. The van der Waals surface area contributed by atoms with Gasteiger partial charge in [0.25, 0.3) is 0 Å². The van der Waals surface area contributed by atoms with Gasteiger partial charge in [-0.15, -0.1) is 0 Å². The Kier molecular flexibility index (Phi) is 4.93. The van der Waals surface area contributed by atoms with Gasteiger partial charge in [-0.2, -0.15) is 14.9 Å². The summed E-state index contributed by atoms with van der Waals surface area (Å²) < 4.78 is 25.8. The summed E-state index contributed by atoms with van der Waals surface area (Å²) in [5.74, 6) is 1.30. The van der Waals surface area contributed by atoms with Crippen LogP contribution < -0.4 is 15.5 Å². The molecule has 0 atom stereocenters. The second-order valence-electron chi connectivity index (χ2n) is 8.73. The smallest absolute Gasteiger partial charge is 0.177 e. The third-order valence-electron chi connectivity index (χ3n) is 5.77. The summed E-state index contributed by atoms with van der Waals surface area (Å²) in [6.45, 7) is 0. The van der Waals surface area contributed by atoms with Crippen molar-refractivity contribution in [1.29, 1.82) is 5.26 Å². The molecule has 32 heavy (non-hydrogen) atoms. The molecule has 0 amide bonds. The second kappa shape index (κ2) is 7.67. The minimum absolute atomic E-state index is 0.0307. The Bertz CT molecular complexity index is 1330. The van der Waals surface area contributed by atoms with Gasteiger partial charge >= 0.3 is 0 Å². The fraction of sp³-hybridized carbons (Fsp3) is 0.409. The maximum Gasteiger partial charge on any atom is 0.177 e. The standard InChI is InChI=1S/C22H25N7O2S/c1-28(18-6-7-18)19-8-5-17(9-14(19)13-32(2,30)31)25-20-10-21(26-16-3-4-16)29-22(27-20)15(11-23)12-24-29/h5,8-10,12,16,18,26H,3-4,6-7,13H2,1-2H3,(H,25,27). The SMILES string of the molecule is CN(c1ccc(Nc2cc(NC3CC3)n3ncc(C#N)c3n2)cc1CS(C)(=O)=O)C1CC1. The van der Waals surface area contributed by atoms with E-state index in [2.05, 4.69) is 31.7 Å². The molecule has 0 radical (unpaired) electrons. The molecule has 0 spiro atoms. The molecule has 1 aromatic carbocycles. The lowest BCUT2D eigenvalue weighted by Gasteiger charge is -2.23. The molecule has 0 aliphatic heterocycles. The van der Waals surface area contributed by atoms with Crippen molar-refractivity contribution in [3.05, 3.63) is 41.6 Å². The van der Waals surface area contributed by atoms with Crippen LogP contribution in [0.1, 0.15) is 36.8 Å². The van der Waals surface area contributed by atoms with Gasteiger partial charge in [0, 0.05) is 42.8 Å². The first-order valence-corrected chi connectivity index (χ1v) is 12.7. The second-order valence-corrected chi connectivity index (χ2v) is 10.9. The van der Waals surface area contributed by atoms with Crippen molar-refractivity contribution >= 4 is 38.5 Å². The summed E-state index contributed by atoms with van der Waals surface area (Å²) >= 11 is 0. The van der Waals surface area contributed by atoms with Crippen LogP contribution in [-0.2, 0) is 15.6 Å². The van der Waals surface area contributed by atoms with Gasteiger partial charge in [0.15, 0.2) is 15.5 Å². The van der Waals surface area contributed by atoms with Gasteiger partial charge in [-0.05, 0) is 49.4 Å². The molecule has 2 saturated carbocycles. The van der Waals surface area contributed by atoms with Crippen LogP contribution in [0.3, 0.4) is 0 Å². The number of fused-ring (bicyclic) bond motifs is 1. The molecular weight excluding hydrogens is 426 g/mol. The third kappa shape index (κ3) is 4.34. The number of nitriles is 1. The Balaban J connectivity index is 1.51. The lowest BCUT2D eigenvalue weighted by molar-refractivity contribution is 0.601. The predicted octanol–water partition coefficient (Wildman–Crippen LogP) is 3.06. The van der Waals surface area contributed by atoms with Crippen LogP contribution >= 0.6 is 0 Å². The maximum absolute atomic E-state index is 12.1. The third-order valence-corrected chi connectivity index (χ3v) is 6.60. The van der Waals surface area contributed by atoms with Crippen molar-refractivity contribution in [3.63, 3.8) is 0 Å².